The van der Waals surface area contributed by atoms with Crippen LogP contribution in [0.1, 0.15) is 45.2 Å². The number of nitrogens with zero attached hydrogens (tertiary/aromatic N) is 1. The van der Waals surface area contributed by atoms with Crippen LogP contribution in [0.25, 0.3) is 10.2 Å². The molecule has 0 saturated heterocycles. The quantitative estimate of drug-likeness (QED) is 0.660. The van der Waals surface area contributed by atoms with Gasteiger partial charge in [-0.05, 0) is 44.5 Å². The molecular formula is C21H24N2O4S2. The monoisotopic (exact) mass is 432 g/mol. The van der Waals surface area contributed by atoms with Crippen LogP contribution >= 0.6 is 11.3 Å². The van der Waals surface area contributed by atoms with Gasteiger partial charge in [0.2, 0.25) is 10.0 Å². The van der Waals surface area contributed by atoms with E-state index in [4.69, 9.17) is 4.74 Å². The van der Waals surface area contributed by atoms with Crippen LogP contribution in [-0.4, -0.2) is 18.6 Å². The van der Waals surface area contributed by atoms with Crippen LogP contribution in [0.2, 0.25) is 0 Å². The van der Waals surface area contributed by atoms with E-state index in [1.54, 1.807) is 22.8 Å². The summed E-state index contributed by atoms with van der Waals surface area (Å²) in [6.45, 7) is 6.53. The number of benzene rings is 2. The zero-order chi connectivity index (χ0) is 20.8. The first-order valence-electron chi connectivity index (χ1n) is 9.64. The topological polar surface area (TPSA) is 77.4 Å². The summed E-state index contributed by atoms with van der Waals surface area (Å²) in [6, 6.07) is 12.0. The van der Waals surface area contributed by atoms with E-state index in [9.17, 15) is 13.2 Å². The van der Waals surface area contributed by atoms with Gasteiger partial charge in [-0.1, -0.05) is 36.5 Å². The number of hydrogen-bond acceptors (Lipinski definition) is 5. The van der Waals surface area contributed by atoms with Crippen LogP contribution in [0.4, 0.5) is 0 Å². The lowest BCUT2D eigenvalue weighted by atomic mass is 9.90. The Bertz CT molecular complexity index is 1220. The van der Waals surface area contributed by atoms with Crippen molar-refractivity contribution in [1.29, 1.82) is 0 Å². The lowest BCUT2D eigenvalue weighted by Crippen LogP contribution is -2.41. The fourth-order valence-corrected chi connectivity index (χ4v) is 6.08. The van der Waals surface area contributed by atoms with Crippen LogP contribution < -0.4 is 14.3 Å². The average Bonchev–Trinajstić information content (AvgIpc) is 2.95. The van der Waals surface area contributed by atoms with E-state index in [2.05, 4.69) is 4.72 Å². The van der Waals surface area contributed by atoms with Crippen molar-refractivity contribution in [3.05, 3.63) is 57.7 Å². The molecule has 0 unspecified atom stereocenters. The van der Waals surface area contributed by atoms with Gasteiger partial charge in [0.1, 0.15) is 11.4 Å². The van der Waals surface area contributed by atoms with Gasteiger partial charge in [0.15, 0.2) is 0 Å². The zero-order valence-electron chi connectivity index (χ0n) is 16.6. The van der Waals surface area contributed by atoms with Crippen LogP contribution in [0.15, 0.2) is 52.2 Å². The van der Waals surface area contributed by atoms with E-state index in [0.717, 1.165) is 28.8 Å². The maximum atomic E-state index is 13.2. The zero-order valence-corrected chi connectivity index (χ0v) is 18.3. The largest absolute Gasteiger partial charge is 0.487 e. The molecular weight excluding hydrogens is 408 g/mol. The predicted octanol–water partition coefficient (Wildman–Crippen LogP) is 4.05. The standard InChI is InChI=1S/C21H24N2O4S2/c1-4-11-23-17-10-9-14(12-19(17)28-20(23)24)29(25,26)22-16-13-21(2,3)27-18-8-6-5-7-15(16)18/h5-10,12,16,22H,4,11,13H2,1-3H3/t16-/m0/s1. The molecule has 4 rings (SSSR count). The lowest BCUT2D eigenvalue weighted by Gasteiger charge is -2.37. The number of aromatic nitrogens is 1. The number of thiazole rings is 1. The molecule has 2 heterocycles. The van der Waals surface area contributed by atoms with Crippen molar-refractivity contribution in [1.82, 2.24) is 9.29 Å². The van der Waals surface area contributed by atoms with Crippen molar-refractivity contribution in [2.45, 2.75) is 56.7 Å². The molecule has 0 aliphatic carbocycles. The van der Waals surface area contributed by atoms with Crippen molar-refractivity contribution < 1.29 is 13.2 Å². The van der Waals surface area contributed by atoms with Gasteiger partial charge in [-0.2, -0.15) is 0 Å². The Labute approximate surface area is 174 Å². The van der Waals surface area contributed by atoms with Crippen molar-refractivity contribution >= 4 is 31.6 Å². The molecule has 0 saturated carbocycles. The molecule has 1 atom stereocenters. The Morgan fingerprint density at radius 1 is 1.24 bits per heavy atom. The van der Waals surface area contributed by atoms with Gasteiger partial charge in [-0.3, -0.25) is 9.36 Å². The summed E-state index contributed by atoms with van der Waals surface area (Å²) in [4.78, 5) is 12.3. The number of hydrogen-bond donors (Lipinski definition) is 1. The minimum atomic E-state index is -3.77. The Balaban J connectivity index is 1.70. The summed E-state index contributed by atoms with van der Waals surface area (Å²) in [7, 11) is -3.77. The van der Waals surface area contributed by atoms with Gasteiger partial charge in [-0.15, -0.1) is 0 Å². The first-order chi connectivity index (χ1) is 13.7. The fraction of sp³-hybridized carbons (Fsp3) is 0.381. The summed E-state index contributed by atoms with van der Waals surface area (Å²) in [5, 5.41) is 0. The smallest absolute Gasteiger partial charge is 0.308 e. The summed E-state index contributed by atoms with van der Waals surface area (Å²) in [5.41, 5.74) is 1.12. The van der Waals surface area contributed by atoms with E-state index in [-0.39, 0.29) is 15.8 Å². The van der Waals surface area contributed by atoms with E-state index < -0.39 is 15.6 Å². The first-order valence-corrected chi connectivity index (χ1v) is 11.9. The second kappa shape index (κ2) is 7.27. The van der Waals surface area contributed by atoms with Gasteiger partial charge in [-0.25, -0.2) is 13.1 Å². The van der Waals surface area contributed by atoms with Crippen LogP contribution in [0, 0.1) is 0 Å². The summed E-state index contributed by atoms with van der Waals surface area (Å²) >= 11 is 1.08. The van der Waals surface area contributed by atoms with Crippen LogP contribution in [0.3, 0.4) is 0 Å². The Hall–Kier alpha value is -2.16. The molecule has 3 aromatic rings. The third-order valence-corrected chi connectivity index (χ3v) is 7.48. The molecule has 29 heavy (non-hydrogen) atoms. The highest BCUT2D eigenvalue weighted by Gasteiger charge is 2.36. The molecule has 1 N–H and O–H groups in total. The molecule has 1 aromatic heterocycles. The SMILES string of the molecule is CCCn1c(=O)sc2cc(S(=O)(=O)N[C@H]3CC(C)(C)Oc4ccccc43)ccc21. The van der Waals surface area contributed by atoms with Crippen LogP contribution in [0.5, 0.6) is 5.75 Å². The van der Waals surface area contributed by atoms with E-state index in [1.807, 2.05) is 45.0 Å². The Morgan fingerprint density at radius 3 is 2.76 bits per heavy atom. The average molecular weight is 433 g/mol. The normalized spacial score (nSPS) is 18.4. The van der Waals surface area contributed by atoms with Gasteiger partial charge < -0.3 is 4.74 Å². The van der Waals surface area contributed by atoms with Gasteiger partial charge >= 0.3 is 4.87 Å². The lowest BCUT2D eigenvalue weighted by molar-refractivity contribution is 0.0702. The maximum absolute atomic E-state index is 13.2. The van der Waals surface area contributed by atoms with Gasteiger partial charge in [0.05, 0.1) is 21.2 Å². The molecule has 1 aliphatic heterocycles. The molecule has 154 valence electrons. The van der Waals surface area contributed by atoms with Crippen molar-refractivity contribution in [2.75, 3.05) is 0 Å². The summed E-state index contributed by atoms with van der Waals surface area (Å²) < 4.78 is 37.5. The van der Waals surface area contributed by atoms with E-state index in [0.29, 0.717) is 23.4 Å². The molecule has 0 amide bonds. The third-order valence-electron chi connectivity index (χ3n) is 5.07. The molecule has 2 aromatic carbocycles. The number of rotatable bonds is 5. The Kier molecular flexibility index (Phi) is 5.04. The molecule has 0 spiro atoms. The number of ether oxygens (including phenoxy) is 1. The van der Waals surface area contributed by atoms with Gasteiger partial charge in [0.25, 0.3) is 0 Å². The predicted molar refractivity (Wildman–Crippen MR) is 115 cm³/mol. The minimum absolute atomic E-state index is 0.0653. The molecule has 0 bridgehead atoms. The van der Waals surface area contributed by atoms with Crippen molar-refractivity contribution in [3.8, 4) is 5.75 Å². The molecule has 1 aliphatic rings. The van der Waals surface area contributed by atoms with Crippen molar-refractivity contribution in [3.63, 3.8) is 0 Å². The summed E-state index contributed by atoms with van der Waals surface area (Å²) in [6.07, 6.45) is 1.36. The minimum Gasteiger partial charge on any atom is -0.487 e. The molecule has 0 radical (unpaired) electrons. The number of fused-ring (bicyclic) bond motifs is 2. The van der Waals surface area contributed by atoms with Crippen molar-refractivity contribution in [2.24, 2.45) is 0 Å². The highest BCUT2D eigenvalue weighted by atomic mass is 32.2. The highest BCUT2D eigenvalue weighted by molar-refractivity contribution is 7.89. The van der Waals surface area contributed by atoms with E-state index in [1.165, 1.54) is 0 Å². The molecule has 0 fully saturated rings. The second-order valence-corrected chi connectivity index (χ2v) is 10.6. The Morgan fingerprint density at radius 2 is 2.00 bits per heavy atom. The summed E-state index contributed by atoms with van der Waals surface area (Å²) in [5.74, 6) is 0.696. The first kappa shape index (κ1) is 20.1. The number of sulfonamides is 1. The van der Waals surface area contributed by atoms with Gasteiger partial charge in [0, 0.05) is 18.5 Å². The maximum Gasteiger partial charge on any atom is 0.308 e. The number of nitrogens with one attached hydrogen (secondary N) is 1. The number of aryl methyl sites for hydroxylation is 1. The van der Waals surface area contributed by atoms with Crippen LogP contribution in [-0.2, 0) is 16.6 Å². The highest BCUT2D eigenvalue weighted by Crippen LogP contribution is 2.40. The fourth-order valence-electron chi connectivity index (χ4n) is 3.81. The number of para-hydroxylation sites is 1. The second-order valence-electron chi connectivity index (χ2n) is 7.93. The third kappa shape index (κ3) is 3.84. The molecule has 6 nitrogen and oxygen atoms in total. The molecule has 8 heteroatoms. The van der Waals surface area contributed by atoms with E-state index >= 15 is 0 Å².